The van der Waals surface area contributed by atoms with Gasteiger partial charge in [-0.15, -0.1) is 0 Å². The zero-order valence-corrected chi connectivity index (χ0v) is 12.9. The summed E-state index contributed by atoms with van der Waals surface area (Å²) >= 11 is 0. The average molecular weight is 262 g/mol. The van der Waals surface area contributed by atoms with Gasteiger partial charge in [-0.25, -0.2) is 0 Å². The Morgan fingerprint density at radius 1 is 1.21 bits per heavy atom. The average Bonchev–Trinajstić information content (AvgIpc) is 2.41. The molecule has 6 atom stereocenters. The van der Waals surface area contributed by atoms with Crippen LogP contribution in [0.1, 0.15) is 59.3 Å². The fourth-order valence-electron chi connectivity index (χ4n) is 5.04. The molecule has 2 fully saturated rings. The molecular weight excluding hydrogens is 232 g/mol. The lowest BCUT2D eigenvalue weighted by molar-refractivity contribution is -0.103. The molecule has 0 spiro atoms. The van der Waals surface area contributed by atoms with Crippen molar-refractivity contribution in [3.05, 3.63) is 11.6 Å². The Morgan fingerprint density at radius 3 is 2.84 bits per heavy atom. The molecule has 0 aromatic heterocycles. The summed E-state index contributed by atoms with van der Waals surface area (Å²) in [6, 6.07) is 0. The topological polar surface area (TPSA) is 9.23 Å². The quantitative estimate of drug-likeness (QED) is 0.648. The molecule has 0 aromatic carbocycles. The minimum Gasteiger partial charge on any atom is -0.378 e. The molecule has 1 nitrogen and oxygen atoms in total. The van der Waals surface area contributed by atoms with E-state index in [1.807, 2.05) is 0 Å². The molecule has 0 radical (unpaired) electrons. The lowest BCUT2D eigenvalue weighted by Crippen LogP contribution is -2.46. The Bertz CT molecular complexity index is 346. The zero-order valence-electron chi connectivity index (χ0n) is 12.9. The maximum Gasteiger partial charge on any atom is 0.0578 e. The second kappa shape index (κ2) is 5.60. The van der Waals surface area contributed by atoms with E-state index in [4.69, 9.17) is 4.74 Å². The molecule has 108 valence electrons. The van der Waals surface area contributed by atoms with Crippen LogP contribution in [-0.4, -0.2) is 12.7 Å². The van der Waals surface area contributed by atoms with E-state index in [1.165, 1.54) is 38.5 Å². The van der Waals surface area contributed by atoms with Crippen molar-refractivity contribution in [1.29, 1.82) is 0 Å². The first-order chi connectivity index (χ1) is 9.20. The van der Waals surface area contributed by atoms with Gasteiger partial charge in [0, 0.05) is 0 Å². The Labute approximate surface area is 118 Å². The number of fused-ring (bicyclic) bond motifs is 3. The molecule has 2 aliphatic carbocycles. The first-order valence-corrected chi connectivity index (χ1v) is 8.51. The standard InChI is InChI=1S/C18H30O/c1-4-5-15-13(3)19-11-18-16-8-6-12(2)10-14(16)7-9-17(15)18/h7,12-13,15-18H,4-6,8-11H2,1-3H3. The van der Waals surface area contributed by atoms with E-state index in [0.29, 0.717) is 6.10 Å². The predicted octanol–water partition coefficient (Wildman–Crippen LogP) is 4.82. The van der Waals surface area contributed by atoms with Gasteiger partial charge >= 0.3 is 0 Å². The van der Waals surface area contributed by atoms with Gasteiger partial charge in [0.25, 0.3) is 0 Å². The SMILES string of the molecule is CCCC1C(C)OCC2C3CCC(C)CC3=CCC12. The van der Waals surface area contributed by atoms with Crippen molar-refractivity contribution in [1.82, 2.24) is 0 Å². The highest BCUT2D eigenvalue weighted by Crippen LogP contribution is 2.50. The summed E-state index contributed by atoms with van der Waals surface area (Å²) in [6.07, 6.45) is 11.3. The van der Waals surface area contributed by atoms with Gasteiger partial charge in [0.05, 0.1) is 12.7 Å². The molecule has 6 unspecified atom stereocenters. The molecule has 3 rings (SSSR count). The third kappa shape index (κ3) is 2.51. The van der Waals surface area contributed by atoms with Gasteiger partial charge in [0.1, 0.15) is 0 Å². The number of ether oxygens (including phenoxy) is 1. The van der Waals surface area contributed by atoms with Gasteiger partial charge < -0.3 is 4.74 Å². The van der Waals surface area contributed by atoms with Crippen molar-refractivity contribution < 1.29 is 4.74 Å². The van der Waals surface area contributed by atoms with Crippen LogP contribution in [0.4, 0.5) is 0 Å². The minimum atomic E-state index is 0.485. The minimum absolute atomic E-state index is 0.485. The predicted molar refractivity (Wildman–Crippen MR) is 80.0 cm³/mol. The van der Waals surface area contributed by atoms with Gasteiger partial charge in [-0.05, 0) is 68.6 Å². The van der Waals surface area contributed by atoms with Crippen molar-refractivity contribution in [2.75, 3.05) is 6.61 Å². The first kappa shape index (κ1) is 13.7. The molecule has 1 aliphatic heterocycles. The van der Waals surface area contributed by atoms with E-state index in [-0.39, 0.29) is 0 Å². The molecule has 1 saturated heterocycles. The highest BCUT2D eigenvalue weighted by atomic mass is 16.5. The Kier molecular flexibility index (Phi) is 4.03. The van der Waals surface area contributed by atoms with E-state index in [9.17, 15) is 0 Å². The van der Waals surface area contributed by atoms with E-state index in [0.717, 1.165) is 36.2 Å². The smallest absolute Gasteiger partial charge is 0.0578 e. The van der Waals surface area contributed by atoms with Gasteiger partial charge in [0.2, 0.25) is 0 Å². The van der Waals surface area contributed by atoms with Crippen molar-refractivity contribution in [3.63, 3.8) is 0 Å². The van der Waals surface area contributed by atoms with Crippen molar-refractivity contribution >= 4 is 0 Å². The normalized spacial score (nSPS) is 46.2. The van der Waals surface area contributed by atoms with Crippen LogP contribution in [0, 0.1) is 29.6 Å². The third-order valence-electron chi connectivity index (χ3n) is 6.08. The molecular formula is C18H30O. The summed E-state index contributed by atoms with van der Waals surface area (Å²) in [5.74, 6) is 4.32. The number of hydrogen-bond donors (Lipinski definition) is 0. The van der Waals surface area contributed by atoms with Crippen LogP contribution in [0.15, 0.2) is 11.6 Å². The van der Waals surface area contributed by atoms with Gasteiger partial charge in [0.15, 0.2) is 0 Å². The molecule has 0 N–H and O–H groups in total. The maximum atomic E-state index is 6.16. The second-order valence-corrected chi connectivity index (χ2v) is 7.33. The van der Waals surface area contributed by atoms with Crippen molar-refractivity contribution in [2.24, 2.45) is 29.6 Å². The fourth-order valence-corrected chi connectivity index (χ4v) is 5.04. The van der Waals surface area contributed by atoms with Crippen molar-refractivity contribution in [3.8, 4) is 0 Å². The highest BCUT2D eigenvalue weighted by molar-refractivity contribution is 5.17. The zero-order chi connectivity index (χ0) is 13.4. The summed E-state index contributed by atoms with van der Waals surface area (Å²) in [6.45, 7) is 8.08. The number of hydrogen-bond acceptors (Lipinski definition) is 1. The van der Waals surface area contributed by atoms with Crippen LogP contribution in [-0.2, 0) is 4.74 Å². The first-order valence-electron chi connectivity index (χ1n) is 8.51. The Morgan fingerprint density at radius 2 is 2.05 bits per heavy atom. The van der Waals surface area contributed by atoms with E-state index < -0.39 is 0 Å². The Balaban J connectivity index is 1.80. The van der Waals surface area contributed by atoms with E-state index in [2.05, 4.69) is 26.8 Å². The van der Waals surface area contributed by atoms with Gasteiger partial charge in [-0.2, -0.15) is 0 Å². The van der Waals surface area contributed by atoms with Crippen LogP contribution < -0.4 is 0 Å². The molecule has 0 aromatic rings. The number of rotatable bonds is 2. The van der Waals surface area contributed by atoms with E-state index >= 15 is 0 Å². The maximum absolute atomic E-state index is 6.16. The van der Waals surface area contributed by atoms with Crippen molar-refractivity contribution in [2.45, 2.75) is 65.4 Å². The summed E-state index contributed by atoms with van der Waals surface area (Å²) in [4.78, 5) is 0. The highest BCUT2D eigenvalue weighted by Gasteiger charge is 2.44. The van der Waals surface area contributed by atoms with Crippen LogP contribution in [0.3, 0.4) is 0 Å². The lowest BCUT2D eigenvalue weighted by atomic mass is 9.60. The van der Waals surface area contributed by atoms with Gasteiger partial charge in [-0.1, -0.05) is 31.9 Å². The monoisotopic (exact) mass is 262 g/mol. The molecule has 0 bridgehead atoms. The van der Waals surface area contributed by atoms with Gasteiger partial charge in [-0.3, -0.25) is 0 Å². The van der Waals surface area contributed by atoms with Crippen LogP contribution >= 0.6 is 0 Å². The van der Waals surface area contributed by atoms with Crippen LogP contribution in [0.25, 0.3) is 0 Å². The molecule has 1 heteroatoms. The Hall–Kier alpha value is -0.300. The number of allylic oxidation sites excluding steroid dienone is 2. The third-order valence-corrected chi connectivity index (χ3v) is 6.08. The van der Waals surface area contributed by atoms with Crippen LogP contribution in [0.2, 0.25) is 0 Å². The fraction of sp³-hybridized carbons (Fsp3) is 0.889. The molecule has 1 heterocycles. The summed E-state index contributed by atoms with van der Waals surface area (Å²) in [5, 5.41) is 0. The molecule has 19 heavy (non-hydrogen) atoms. The molecule has 0 amide bonds. The summed E-state index contributed by atoms with van der Waals surface area (Å²) in [7, 11) is 0. The van der Waals surface area contributed by atoms with Crippen LogP contribution in [0.5, 0.6) is 0 Å². The molecule has 3 aliphatic rings. The summed E-state index contributed by atoms with van der Waals surface area (Å²) in [5.41, 5.74) is 1.79. The molecule has 1 saturated carbocycles. The summed E-state index contributed by atoms with van der Waals surface area (Å²) < 4.78 is 6.16. The largest absolute Gasteiger partial charge is 0.378 e. The van der Waals surface area contributed by atoms with E-state index in [1.54, 1.807) is 5.57 Å². The lowest BCUT2D eigenvalue weighted by Gasteiger charge is -2.49. The second-order valence-electron chi connectivity index (χ2n) is 7.33.